The molecule has 0 bridgehead atoms. The lowest BCUT2D eigenvalue weighted by Crippen LogP contribution is -2.09. The highest BCUT2D eigenvalue weighted by Gasteiger charge is 2.02. The molecule has 0 saturated heterocycles. The van der Waals surface area contributed by atoms with E-state index in [1.54, 1.807) is 12.1 Å². The van der Waals surface area contributed by atoms with E-state index >= 15 is 0 Å². The maximum Gasteiger partial charge on any atom is 0.244 e. The molecule has 0 aliphatic heterocycles. The predicted octanol–water partition coefficient (Wildman–Crippen LogP) is 3.41. The fourth-order valence-corrected chi connectivity index (χ4v) is 2.12. The monoisotopic (exact) mass is 309 g/mol. The average Bonchev–Trinajstić information content (AvgIpc) is 2.56. The van der Waals surface area contributed by atoms with Crippen molar-refractivity contribution in [1.29, 1.82) is 0 Å². The Bertz CT molecular complexity index is 764. The summed E-state index contributed by atoms with van der Waals surface area (Å²) in [6.07, 6.45) is 2.36. The van der Waals surface area contributed by atoms with E-state index < -0.39 is 0 Å². The summed E-state index contributed by atoms with van der Waals surface area (Å²) < 4.78 is 13.2. The molecule has 23 heavy (non-hydrogen) atoms. The van der Waals surface area contributed by atoms with Gasteiger partial charge >= 0.3 is 0 Å². The molecule has 0 aliphatic rings. The van der Waals surface area contributed by atoms with E-state index in [2.05, 4.69) is 37.9 Å². The van der Waals surface area contributed by atoms with Crippen LogP contribution in [0.25, 0.3) is 0 Å². The lowest BCUT2D eigenvalue weighted by molar-refractivity contribution is 0.628. The third kappa shape index (κ3) is 4.47. The van der Waals surface area contributed by atoms with Crippen LogP contribution < -0.4 is 10.6 Å². The number of anilines is 3. The average molecular weight is 309 g/mol. The van der Waals surface area contributed by atoms with Gasteiger partial charge in [-0.3, -0.25) is 0 Å². The molecule has 5 nitrogen and oxygen atoms in total. The maximum atomic E-state index is 13.2. The van der Waals surface area contributed by atoms with Crippen molar-refractivity contribution >= 4 is 17.5 Å². The fraction of sp³-hybridized carbons (Fsp3) is 0.118. The second-order valence-electron chi connectivity index (χ2n) is 4.96. The summed E-state index contributed by atoms with van der Waals surface area (Å²) >= 11 is 0. The molecule has 3 rings (SSSR count). The van der Waals surface area contributed by atoms with Crippen molar-refractivity contribution in [2.75, 3.05) is 17.2 Å². The van der Waals surface area contributed by atoms with Crippen molar-refractivity contribution in [2.24, 2.45) is 0 Å². The van der Waals surface area contributed by atoms with Gasteiger partial charge in [-0.1, -0.05) is 36.4 Å². The zero-order valence-electron chi connectivity index (χ0n) is 12.4. The van der Waals surface area contributed by atoms with E-state index in [0.29, 0.717) is 24.0 Å². The highest BCUT2D eigenvalue weighted by atomic mass is 19.1. The maximum absolute atomic E-state index is 13.2. The largest absolute Gasteiger partial charge is 0.353 e. The fourth-order valence-electron chi connectivity index (χ4n) is 2.12. The van der Waals surface area contributed by atoms with Gasteiger partial charge in [-0.25, -0.2) is 4.39 Å². The first-order valence-corrected chi connectivity index (χ1v) is 7.30. The van der Waals surface area contributed by atoms with E-state index in [4.69, 9.17) is 0 Å². The van der Waals surface area contributed by atoms with Crippen LogP contribution in [0.4, 0.5) is 21.8 Å². The number of halogens is 1. The van der Waals surface area contributed by atoms with Crippen molar-refractivity contribution in [3.05, 3.63) is 72.2 Å². The molecule has 0 radical (unpaired) electrons. The normalized spacial score (nSPS) is 10.3. The van der Waals surface area contributed by atoms with E-state index in [-0.39, 0.29) is 5.82 Å². The topological polar surface area (TPSA) is 62.7 Å². The molecule has 0 atom stereocenters. The minimum Gasteiger partial charge on any atom is -0.353 e. The second-order valence-corrected chi connectivity index (χ2v) is 4.96. The molecule has 0 saturated carbocycles. The Hall–Kier alpha value is -3.02. The lowest BCUT2D eigenvalue weighted by atomic mass is 10.1. The van der Waals surface area contributed by atoms with E-state index in [0.717, 1.165) is 6.42 Å². The van der Waals surface area contributed by atoms with E-state index in [9.17, 15) is 4.39 Å². The molecule has 0 fully saturated rings. The summed E-state index contributed by atoms with van der Waals surface area (Å²) in [5, 5.41) is 14.0. The van der Waals surface area contributed by atoms with Crippen LogP contribution in [0.3, 0.4) is 0 Å². The first kappa shape index (κ1) is 14.9. The zero-order chi connectivity index (χ0) is 15.9. The van der Waals surface area contributed by atoms with Crippen LogP contribution in [-0.2, 0) is 6.42 Å². The minimum atomic E-state index is -0.307. The Balaban J connectivity index is 1.59. The highest BCUT2D eigenvalue weighted by Crippen LogP contribution is 2.15. The molecule has 1 aromatic heterocycles. The Kier molecular flexibility index (Phi) is 4.73. The van der Waals surface area contributed by atoms with Gasteiger partial charge in [0.25, 0.3) is 0 Å². The molecule has 2 N–H and O–H groups in total. The summed E-state index contributed by atoms with van der Waals surface area (Å²) in [6, 6.07) is 16.3. The van der Waals surface area contributed by atoms with Crippen molar-refractivity contribution in [1.82, 2.24) is 15.2 Å². The number of nitrogens with zero attached hydrogens (tertiary/aromatic N) is 3. The smallest absolute Gasteiger partial charge is 0.244 e. The molecule has 2 aromatic carbocycles. The Labute approximate surface area is 133 Å². The quantitative estimate of drug-likeness (QED) is 0.730. The van der Waals surface area contributed by atoms with Crippen molar-refractivity contribution in [2.45, 2.75) is 6.42 Å². The molecular weight excluding hydrogens is 293 g/mol. The van der Waals surface area contributed by atoms with Crippen LogP contribution in [0.15, 0.2) is 60.8 Å². The van der Waals surface area contributed by atoms with Crippen LogP contribution in [0.2, 0.25) is 0 Å². The number of aromatic nitrogens is 3. The van der Waals surface area contributed by atoms with E-state index in [1.807, 2.05) is 18.2 Å². The first-order valence-electron chi connectivity index (χ1n) is 7.30. The second kappa shape index (κ2) is 7.31. The first-order chi connectivity index (χ1) is 11.3. The summed E-state index contributed by atoms with van der Waals surface area (Å²) in [5.41, 5.74) is 1.85. The molecule has 0 aliphatic carbocycles. The third-order valence-corrected chi connectivity index (χ3v) is 3.20. The molecular formula is C17H16FN5. The summed E-state index contributed by atoms with van der Waals surface area (Å²) in [5.74, 6) is 0.633. The van der Waals surface area contributed by atoms with Gasteiger partial charge in [0, 0.05) is 12.2 Å². The van der Waals surface area contributed by atoms with Crippen molar-refractivity contribution in [3.8, 4) is 0 Å². The highest BCUT2D eigenvalue weighted by molar-refractivity contribution is 5.55. The standard InChI is InChI=1S/C17H16FN5/c18-14-7-4-8-15(11-14)21-16-12-20-23-17(22-16)19-10-9-13-5-2-1-3-6-13/h1-8,11-12H,9-10H2,(H2,19,21,22,23). The summed E-state index contributed by atoms with van der Waals surface area (Å²) in [6.45, 7) is 0.703. The Morgan fingerprint density at radius 3 is 2.70 bits per heavy atom. The van der Waals surface area contributed by atoms with Gasteiger partial charge in [0.1, 0.15) is 5.82 Å². The summed E-state index contributed by atoms with van der Waals surface area (Å²) in [4.78, 5) is 4.31. The minimum absolute atomic E-state index is 0.307. The van der Waals surface area contributed by atoms with Gasteiger partial charge in [0.2, 0.25) is 5.95 Å². The Morgan fingerprint density at radius 2 is 1.87 bits per heavy atom. The van der Waals surface area contributed by atoms with Crippen LogP contribution in [0.1, 0.15) is 5.56 Å². The number of hydrogen-bond acceptors (Lipinski definition) is 5. The van der Waals surface area contributed by atoms with E-state index in [1.165, 1.54) is 23.9 Å². The molecule has 0 amide bonds. The van der Waals surface area contributed by atoms with Crippen LogP contribution in [-0.4, -0.2) is 21.7 Å². The molecule has 1 heterocycles. The van der Waals surface area contributed by atoms with Crippen LogP contribution in [0.5, 0.6) is 0 Å². The third-order valence-electron chi connectivity index (χ3n) is 3.20. The number of nitrogens with one attached hydrogen (secondary N) is 2. The van der Waals surface area contributed by atoms with Crippen molar-refractivity contribution in [3.63, 3.8) is 0 Å². The number of rotatable bonds is 6. The molecule has 3 aromatic rings. The molecule has 0 unspecified atom stereocenters. The van der Waals surface area contributed by atoms with Gasteiger partial charge in [0.15, 0.2) is 5.82 Å². The van der Waals surface area contributed by atoms with Gasteiger partial charge in [-0.05, 0) is 30.2 Å². The molecule has 0 spiro atoms. The number of hydrogen-bond donors (Lipinski definition) is 2. The van der Waals surface area contributed by atoms with Gasteiger partial charge in [0.05, 0.1) is 6.20 Å². The SMILES string of the molecule is Fc1cccc(Nc2cnnc(NCCc3ccccc3)n2)c1. The summed E-state index contributed by atoms with van der Waals surface area (Å²) in [7, 11) is 0. The zero-order valence-corrected chi connectivity index (χ0v) is 12.4. The van der Waals surface area contributed by atoms with Crippen LogP contribution >= 0.6 is 0 Å². The lowest BCUT2D eigenvalue weighted by Gasteiger charge is -2.07. The van der Waals surface area contributed by atoms with Gasteiger partial charge < -0.3 is 10.6 Å². The van der Waals surface area contributed by atoms with Gasteiger partial charge in [-0.15, -0.1) is 5.10 Å². The van der Waals surface area contributed by atoms with Crippen molar-refractivity contribution < 1.29 is 4.39 Å². The number of benzene rings is 2. The van der Waals surface area contributed by atoms with Gasteiger partial charge in [-0.2, -0.15) is 10.1 Å². The Morgan fingerprint density at radius 1 is 1.00 bits per heavy atom. The molecule has 116 valence electrons. The van der Waals surface area contributed by atoms with Crippen LogP contribution in [0, 0.1) is 5.82 Å². The molecule has 6 heteroatoms. The predicted molar refractivity (Wildman–Crippen MR) is 88.1 cm³/mol.